The molecule has 3 aromatic carbocycles. The highest BCUT2D eigenvalue weighted by atomic mass is 16.2. The highest BCUT2D eigenvalue weighted by Gasteiger charge is 2.25. The topological polar surface area (TPSA) is 87.2 Å². The second-order valence-electron chi connectivity index (χ2n) is 10.2. The lowest BCUT2D eigenvalue weighted by molar-refractivity contribution is 0.0917. The summed E-state index contributed by atoms with van der Waals surface area (Å²) in [5.74, 6) is 1.17. The standard InChI is InChI=1S/C31H33N5O2/c1-20-12-14-21(15-13-20)28(37)24-8-4-5-9-25(24)30(38)32-22-16-18-23(19-17-22)33-31-34-27-11-7-6-10-26(27)29(35-31)36(2)3/h4-15,22-23H,16-19H2,1-3H3,(H,32,38)(H,33,34,35). The van der Waals surface area contributed by atoms with Crippen molar-refractivity contribution >= 4 is 34.4 Å². The Labute approximate surface area is 223 Å². The molecule has 0 saturated heterocycles. The summed E-state index contributed by atoms with van der Waals surface area (Å²) in [5.41, 5.74) is 3.42. The maximum atomic E-state index is 13.2. The molecule has 38 heavy (non-hydrogen) atoms. The van der Waals surface area contributed by atoms with Gasteiger partial charge in [-0.2, -0.15) is 4.98 Å². The van der Waals surface area contributed by atoms with Gasteiger partial charge in [-0.3, -0.25) is 9.59 Å². The molecule has 7 nitrogen and oxygen atoms in total. The van der Waals surface area contributed by atoms with Gasteiger partial charge in [0.25, 0.3) is 5.91 Å². The quantitative estimate of drug-likeness (QED) is 0.326. The number of nitrogens with zero attached hydrogens (tertiary/aromatic N) is 3. The molecule has 1 heterocycles. The number of aromatic nitrogens is 2. The molecule has 1 saturated carbocycles. The van der Waals surface area contributed by atoms with E-state index in [1.165, 1.54) is 0 Å². The summed E-state index contributed by atoms with van der Waals surface area (Å²) in [6, 6.07) is 22.8. The zero-order valence-corrected chi connectivity index (χ0v) is 22.1. The highest BCUT2D eigenvalue weighted by molar-refractivity contribution is 6.15. The molecule has 1 amide bonds. The van der Waals surface area contributed by atoms with Crippen LogP contribution in [0.3, 0.4) is 0 Å². The maximum Gasteiger partial charge on any atom is 0.252 e. The van der Waals surface area contributed by atoms with Gasteiger partial charge in [0.05, 0.1) is 11.1 Å². The number of carbonyl (C=O) groups is 2. The first-order valence-electron chi connectivity index (χ1n) is 13.1. The van der Waals surface area contributed by atoms with Gasteiger partial charge in [-0.25, -0.2) is 4.98 Å². The SMILES string of the molecule is Cc1ccc(C(=O)c2ccccc2C(=O)NC2CCC(Nc3nc(N(C)C)c4ccccc4n3)CC2)cc1. The molecule has 4 aromatic rings. The van der Waals surface area contributed by atoms with Gasteiger partial charge in [-0.1, -0.05) is 60.2 Å². The van der Waals surface area contributed by atoms with E-state index in [0.717, 1.165) is 48.0 Å². The summed E-state index contributed by atoms with van der Waals surface area (Å²) in [6.45, 7) is 1.98. The van der Waals surface area contributed by atoms with Gasteiger partial charge in [0.2, 0.25) is 5.95 Å². The molecule has 5 rings (SSSR count). The molecular formula is C31H33N5O2. The summed E-state index contributed by atoms with van der Waals surface area (Å²) < 4.78 is 0. The Bertz CT molecular complexity index is 1460. The van der Waals surface area contributed by atoms with Crippen LogP contribution in [0.1, 0.15) is 57.5 Å². The van der Waals surface area contributed by atoms with Gasteiger partial charge in [0.1, 0.15) is 5.82 Å². The van der Waals surface area contributed by atoms with E-state index in [9.17, 15) is 9.59 Å². The van der Waals surface area contributed by atoms with Crippen LogP contribution in [0.15, 0.2) is 72.8 Å². The third-order valence-corrected chi connectivity index (χ3v) is 7.13. The number of aryl methyl sites for hydroxylation is 1. The number of hydrogen-bond donors (Lipinski definition) is 2. The van der Waals surface area contributed by atoms with Crippen LogP contribution < -0.4 is 15.5 Å². The smallest absolute Gasteiger partial charge is 0.252 e. The predicted molar refractivity (Wildman–Crippen MR) is 152 cm³/mol. The fourth-order valence-electron chi connectivity index (χ4n) is 5.03. The zero-order chi connectivity index (χ0) is 26.6. The van der Waals surface area contributed by atoms with Crippen LogP contribution >= 0.6 is 0 Å². The largest absolute Gasteiger partial charge is 0.362 e. The number of carbonyl (C=O) groups excluding carboxylic acids is 2. The molecule has 2 N–H and O–H groups in total. The van der Waals surface area contributed by atoms with E-state index in [0.29, 0.717) is 22.6 Å². The van der Waals surface area contributed by atoms with Gasteiger partial charge in [-0.05, 0) is 50.8 Å². The number of benzene rings is 3. The average molecular weight is 508 g/mol. The number of para-hydroxylation sites is 1. The number of amides is 1. The second kappa shape index (κ2) is 11.0. The molecule has 1 aromatic heterocycles. The van der Waals surface area contributed by atoms with E-state index in [2.05, 4.69) is 10.6 Å². The molecule has 7 heteroatoms. The molecular weight excluding hydrogens is 474 g/mol. The lowest BCUT2D eigenvalue weighted by atomic mass is 9.90. The molecule has 194 valence electrons. The van der Waals surface area contributed by atoms with Crippen LogP contribution in [0.2, 0.25) is 0 Å². The lowest BCUT2D eigenvalue weighted by Gasteiger charge is -2.30. The van der Waals surface area contributed by atoms with Crippen LogP contribution in [0.25, 0.3) is 10.9 Å². The van der Waals surface area contributed by atoms with Gasteiger partial charge < -0.3 is 15.5 Å². The number of fused-ring (bicyclic) bond motifs is 1. The molecule has 1 fully saturated rings. The molecule has 0 radical (unpaired) electrons. The van der Waals surface area contributed by atoms with Gasteiger partial charge >= 0.3 is 0 Å². The molecule has 0 bridgehead atoms. The van der Waals surface area contributed by atoms with Crippen molar-refractivity contribution in [2.24, 2.45) is 0 Å². The number of hydrogen-bond acceptors (Lipinski definition) is 6. The first-order valence-corrected chi connectivity index (χ1v) is 13.1. The summed E-state index contributed by atoms with van der Waals surface area (Å²) in [5, 5.41) is 7.70. The van der Waals surface area contributed by atoms with Crippen LogP contribution in [0.5, 0.6) is 0 Å². The monoisotopic (exact) mass is 507 g/mol. The van der Waals surface area contributed by atoms with Crippen molar-refractivity contribution in [1.82, 2.24) is 15.3 Å². The molecule has 1 aliphatic carbocycles. The van der Waals surface area contributed by atoms with Crippen LogP contribution in [-0.4, -0.2) is 47.8 Å². The number of nitrogens with one attached hydrogen (secondary N) is 2. The Morgan fingerprint density at radius 2 is 1.42 bits per heavy atom. The average Bonchev–Trinajstić information content (AvgIpc) is 2.93. The van der Waals surface area contributed by atoms with Crippen molar-refractivity contribution in [1.29, 1.82) is 0 Å². The lowest BCUT2D eigenvalue weighted by Crippen LogP contribution is -2.40. The molecule has 0 aliphatic heterocycles. The summed E-state index contributed by atoms with van der Waals surface area (Å²) in [7, 11) is 3.97. The molecule has 0 atom stereocenters. The fourth-order valence-corrected chi connectivity index (χ4v) is 5.03. The Morgan fingerprint density at radius 3 is 2.13 bits per heavy atom. The van der Waals surface area contributed by atoms with Crippen molar-refractivity contribution in [3.63, 3.8) is 0 Å². The Hall–Kier alpha value is -4.26. The summed E-state index contributed by atoms with van der Waals surface area (Å²) in [4.78, 5) is 37.8. The van der Waals surface area contributed by atoms with E-state index in [-0.39, 0.29) is 23.8 Å². The Balaban J connectivity index is 1.22. The van der Waals surface area contributed by atoms with Gasteiger partial charge in [0.15, 0.2) is 5.78 Å². The number of anilines is 2. The minimum atomic E-state index is -0.203. The van der Waals surface area contributed by atoms with E-state index in [4.69, 9.17) is 9.97 Å². The van der Waals surface area contributed by atoms with Crippen molar-refractivity contribution in [2.75, 3.05) is 24.3 Å². The summed E-state index contributed by atoms with van der Waals surface area (Å²) >= 11 is 0. The highest BCUT2D eigenvalue weighted by Crippen LogP contribution is 2.27. The van der Waals surface area contributed by atoms with Crippen LogP contribution in [-0.2, 0) is 0 Å². The molecule has 0 unspecified atom stereocenters. The van der Waals surface area contributed by atoms with Crippen molar-refractivity contribution in [3.8, 4) is 0 Å². The van der Waals surface area contributed by atoms with Gasteiger partial charge in [-0.15, -0.1) is 0 Å². The van der Waals surface area contributed by atoms with Crippen molar-refractivity contribution in [3.05, 3.63) is 95.1 Å². The minimum absolute atomic E-state index is 0.0536. The minimum Gasteiger partial charge on any atom is -0.362 e. The van der Waals surface area contributed by atoms with E-state index < -0.39 is 0 Å². The van der Waals surface area contributed by atoms with Gasteiger partial charge in [0, 0.05) is 42.7 Å². The van der Waals surface area contributed by atoms with E-state index >= 15 is 0 Å². The Morgan fingerprint density at radius 1 is 0.789 bits per heavy atom. The molecule has 1 aliphatic rings. The maximum absolute atomic E-state index is 13.2. The first-order chi connectivity index (χ1) is 18.4. The van der Waals surface area contributed by atoms with Crippen molar-refractivity contribution in [2.45, 2.75) is 44.7 Å². The third-order valence-electron chi connectivity index (χ3n) is 7.13. The third kappa shape index (κ3) is 5.52. The fraction of sp³-hybridized carbons (Fsp3) is 0.290. The first kappa shape index (κ1) is 25.4. The second-order valence-corrected chi connectivity index (χ2v) is 10.2. The van der Waals surface area contributed by atoms with E-state index in [1.807, 2.05) is 62.3 Å². The predicted octanol–water partition coefficient (Wildman–Crippen LogP) is 5.39. The van der Waals surface area contributed by atoms with Crippen LogP contribution in [0, 0.1) is 6.92 Å². The molecule has 0 spiro atoms. The Kier molecular flexibility index (Phi) is 7.36. The normalized spacial score (nSPS) is 17.1. The van der Waals surface area contributed by atoms with Crippen LogP contribution in [0.4, 0.5) is 11.8 Å². The zero-order valence-electron chi connectivity index (χ0n) is 22.1. The number of rotatable bonds is 7. The summed E-state index contributed by atoms with van der Waals surface area (Å²) in [6.07, 6.45) is 3.46. The van der Waals surface area contributed by atoms with Crippen molar-refractivity contribution < 1.29 is 9.59 Å². The van der Waals surface area contributed by atoms with E-state index in [1.54, 1.807) is 36.4 Å². The number of ketones is 1.